The third kappa shape index (κ3) is 2.33. The van der Waals surface area contributed by atoms with E-state index in [0.29, 0.717) is 18.9 Å². The fourth-order valence-electron chi connectivity index (χ4n) is 2.17. The van der Waals surface area contributed by atoms with Gasteiger partial charge in [0.1, 0.15) is 12.1 Å². The Morgan fingerprint density at radius 3 is 2.85 bits per heavy atom. The van der Waals surface area contributed by atoms with Gasteiger partial charge in [-0.2, -0.15) is 14.6 Å². The molecule has 20 heavy (non-hydrogen) atoms. The third-order valence-electron chi connectivity index (χ3n) is 3.18. The van der Waals surface area contributed by atoms with E-state index in [1.807, 2.05) is 31.2 Å². The summed E-state index contributed by atoms with van der Waals surface area (Å²) in [5.74, 6) is 1.47. The molecule has 1 aromatic carbocycles. The van der Waals surface area contributed by atoms with E-state index in [9.17, 15) is 0 Å². The molecule has 6 heteroatoms. The molecule has 0 atom stereocenters. The van der Waals surface area contributed by atoms with Crippen molar-refractivity contribution in [3.8, 4) is 0 Å². The van der Waals surface area contributed by atoms with Gasteiger partial charge in [-0.05, 0) is 18.1 Å². The topological polar surface area (TPSA) is 81.1 Å². The largest absolute Gasteiger partial charge is 0.366 e. The van der Waals surface area contributed by atoms with Crippen LogP contribution in [0.3, 0.4) is 0 Å². The Morgan fingerprint density at radius 2 is 2.05 bits per heavy atom. The smallest absolute Gasteiger partial charge is 0.254 e. The van der Waals surface area contributed by atoms with Crippen LogP contribution in [0.15, 0.2) is 36.7 Å². The Balaban J connectivity index is 1.88. The molecular formula is C14H16N6. The van der Waals surface area contributed by atoms with Gasteiger partial charge in [0.25, 0.3) is 5.78 Å². The fraction of sp³-hybridized carbons (Fsp3) is 0.214. The molecule has 3 rings (SSSR count). The molecule has 2 heterocycles. The average molecular weight is 268 g/mol. The van der Waals surface area contributed by atoms with Crippen LogP contribution in [0, 0.1) is 6.92 Å². The van der Waals surface area contributed by atoms with E-state index in [1.165, 1.54) is 11.9 Å². The number of nitrogens with one attached hydrogen (secondary N) is 1. The second kappa shape index (κ2) is 5.26. The van der Waals surface area contributed by atoms with Crippen LogP contribution in [0.1, 0.15) is 16.8 Å². The first-order valence-electron chi connectivity index (χ1n) is 6.46. The number of nitrogens with two attached hydrogens (primary N) is 1. The predicted octanol–water partition coefficient (Wildman–Crippen LogP) is 1.50. The first-order valence-corrected chi connectivity index (χ1v) is 6.46. The van der Waals surface area contributed by atoms with Crippen molar-refractivity contribution in [1.82, 2.24) is 19.6 Å². The van der Waals surface area contributed by atoms with E-state index in [4.69, 9.17) is 5.73 Å². The number of aromatic nitrogens is 4. The van der Waals surface area contributed by atoms with Crippen LogP contribution in [0.2, 0.25) is 0 Å². The Morgan fingerprint density at radius 1 is 1.25 bits per heavy atom. The summed E-state index contributed by atoms with van der Waals surface area (Å²) in [6, 6.07) is 10.1. The second-order valence-electron chi connectivity index (χ2n) is 4.58. The fourth-order valence-corrected chi connectivity index (χ4v) is 2.17. The number of anilines is 1. The van der Waals surface area contributed by atoms with E-state index in [-0.39, 0.29) is 0 Å². The number of rotatable bonds is 4. The SMILES string of the molecule is Cc1cc(NCc2ccccc2CN)n2ncnc2n1. The maximum Gasteiger partial charge on any atom is 0.254 e. The highest BCUT2D eigenvalue weighted by atomic mass is 15.3. The Bertz CT molecular complexity index is 733. The van der Waals surface area contributed by atoms with Gasteiger partial charge in [0, 0.05) is 24.8 Å². The monoisotopic (exact) mass is 268 g/mol. The summed E-state index contributed by atoms with van der Waals surface area (Å²) in [5, 5.41) is 7.54. The van der Waals surface area contributed by atoms with Gasteiger partial charge in [-0.15, -0.1) is 0 Å². The molecule has 0 bridgehead atoms. The van der Waals surface area contributed by atoms with Gasteiger partial charge in [-0.3, -0.25) is 0 Å². The number of hydrogen-bond acceptors (Lipinski definition) is 5. The molecule has 102 valence electrons. The molecule has 6 nitrogen and oxygen atoms in total. The molecule has 0 saturated heterocycles. The summed E-state index contributed by atoms with van der Waals surface area (Å²) in [6.45, 7) is 3.16. The Hall–Kier alpha value is -2.47. The van der Waals surface area contributed by atoms with Crippen molar-refractivity contribution >= 4 is 11.6 Å². The molecule has 0 aliphatic carbocycles. The van der Waals surface area contributed by atoms with Crippen molar-refractivity contribution in [2.24, 2.45) is 5.73 Å². The molecule has 3 N–H and O–H groups in total. The zero-order chi connectivity index (χ0) is 13.9. The summed E-state index contributed by atoms with van der Waals surface area (Å²) in [7, 11) is 0. The van der Waals surface area contributed by atoms with Gasteiger partial charge in [0.15, 0.2) is 0 Å². The van der Waals surface area contributed by atoms with Crippen LogP contribution in [0.4, 0.5) is 5.82 Å². The highest BCUT2D eigenvalue weighted by molar-refractivity contribution is 5.45. The van der Waals surface area contributed by atoms with Gasteiger partial charge in [0.2, 0.25) is 0 Å². The summed E-state index contributed by atoms with van der Waals surface area (Å²) >= 11 is 0. The number of hydrogen-bond donors (Lipinski definition) is 2. The van der Waals surface area contributed by atoms with Gasteiger partial charge in [0.05, 0.1) is 0 Å². The molecule has 0 amide bonds. The molecule has 0 unspecified atom stereocenters. The van der Waals surface area contributed by atoms with Crippen molar-refractivity contribution in [1.29, 1.82) is 0 Å². The van der Waals surface area contributed by atoms with E-state index >= 15 is 0 Å². The molecule has 0 fully saturated rings. The molecule has 0 saturated carbocycles. The maximum absolute atomic E-state index is 5.75. The minimum absolute atomic E-state index is 0.534. The van der Waals surface area contributed by atoms with Gasteiger partial charge >= 0.3 is 0 Å². The minimum Gasteiger partial charge on any atom is -0.366 e. The van der Waals surface area contributed by atoms with E-state index < -0.39 is 0 Å². The third-order valence-corrected chi connectivity index (χ3v) is 3.18. The number of fused-ring (bicyclic) bond motifs is 1. The molecule has 3 aromatic rings. The van der Waals surface area contributed by atoms with Gasteiger partial charge in [-0.25, -0.2) is 4.98 Å². The standard InChI is InChI=1S/C14H16N6/c1-10-6-13(20-14(19-10)17-9-18-20)16-8-12-5-3-2-4-11(12)7-15/h2-6,9,16H,7-8,15H2,1H3. The molecular weight excluding hydrogens is 252 g/mol. The van der Waals surface area contributed by atoms with E-state index in [2.05, 4.69) is 26.4 Å². The average Bonchev–Trinajstić information content (AvgIpc) is 2.93. The Kier molecular flexibility index (Phi) is 3.30. The lowest BCUT2D eigenvalue weighted by atomic mass is 10.1. The summed E-state index contributed by atoms with van der Waals surface area (Å²) in [4.78, 5) is 8.42. The first-order chi connectivity index (χ1) is 9.78. The van der Waals surface area contributed by atoms with Crippen molar-refractivity contribution in [3.05, 3.63) is 53.5 Å². The zero-order valence-electron chi connectivity index (χ0n) is 11.2. The molecule has 0 spiro atoms. The highest BCUT2D eigenvalue weighted by Crippen LogP contribution is 2.14. The molecule has 0 aliphatic heterocycles. The quantitative estimate of drug-likeness (QED) is 0.749. The van der Waals surface area contributed by atoms with E-state index in [1.54, 1.807) is 4.52 Å². The van der Waals surface area contributed by atoms with Crippen LogP contribution in [0.25, 0.3) is 5.78 Å². The van der Waals surface area contributed by atoms with Crippen molar-refractivity contribution in [2.45, 2.75) is 20.0 Å². The summed E-state index contributed by atoms with van der Waals surface area (Å²) in [5.41, 5.74) is 8.97. The second-order valence-corrected chi connectivity index (χ2v) is 4.58. The van der Waals surface area contributed by atoms with Gasteiger partial charge < -0.3 is 11.1 Å². The van der Waals surface area contributed by atoms with Crippen molar-refractivity contribution in [2.75, 3.05) is 5.32 Å². The van der Waals surface area contributed by atoms with Crippen LogP contribution < -0.4 is 11.1 Å². The molecule has 0 aliphatic rings. The maximum atomic E-state index is 5.75. The molecule has 0 radical (unpaired) electrons. The van der Waals surface area contributed by atoms with Crippen molar-refractivity contribution in [3.63, 3.8) is 0 Å². The predicted molar refractivity (Wildman–Crippen MR) is 77.2 cm³/mol. The van der Waals surface area contributed by atoms with Crippen LogP contribution >= 0.6 is 0 Å². The van der Waals surface area contributed by atoms with Crippen LogP contribution in [-0.2, 0) is 13.1 Å². The lowest BCUT2D eigenvalue weighted by Crippen LogP contribution is -2.09. The van der Waals surface area contributed by atoms with Crippen LogP contribution in [0.5, 0.6) is 0 Å². The van der Waals surface area contributed by atoms with Crippen molar-refractivity contribution < 1.29 is 0 Å². The lowest BCUT2D eigenvalue weighted by molar-refractivity contribution is 0.910. The number of benzene rings is 1. The minimum atomic E-state index is 0.534. The summed E-state index contributed by atoms with van der Waals surface area (Å²) < 4.78 is 1.69. The lowest BCUT2D eigenvalue weighted by Gasteiger charge is -2.11. The normalized spacial score (nSPS) is 10.9. The summed E-state index contributed by atoms with van der Waals surface area (Å²) in [6.07, 6.45) is 1.50. The van der Waals surface area contributed by atoms with Gasteiger partial charge in [-0.1, -0.05) is 24.3 Å². The zero-order valence-corrected chi connectivity index (χ0v) is 11.2. The Labute approximate surface area is 116 Å². The number of nitrogens with zero attached hydrogens (tertiary/aromatic N) is 4. The van der Waals surface area contributed by atoms with E-state index in [0.717, 1.165) is 17.1 Å². The highest BCUT2D eigenvalue weighted by Gasteiger charge is 2.06. The first kappa shape index (κ1) is 12.6. The van der Waals surface area contributed by atoms with Crippen LogP contribution in [-0.4, -0.2) is 19.6 Å². The molecule has 2 aromatic heterocycles. The number of aryl methyl sites for hydroxylation is 1.